The van der Waals surface area contributed by atoms with Crippen LogP contribution in [0.2, 0.25) is 0 Å². The lowest BCUT2D eigenvalue weighted by Gasteiger charge is -2.21. The lowest BCUT2D eigenvalue weighted by Crippen LogP contribution is -2.35. The second-order valence-electron chi connectivity index (χ2n) is 3.04. The molecule has 0 spiro atoms. The Morgan fingerprint density at radius 3 is 3.00 bits per heavy atom. The summed E-state index contributed by atoms with van der Waals surface area (Å²) in [6.07, 6.45) is 13.3. The zero-order valence-corrected chi connectivity index (χ0v) is 7.01. The van der Waals surface area contributed by atoms with Crippen LogP contribution in [0.5, 0.6) is 0 Å². The van der Waals surface area contributed by atoms with Crippen LogP contribution in [-0.2, 0) is 0 Å². The average Bonchev–Trinajstić information content (AvgIpc) is 2.06. The highest BCUT2D eigenvalue weighted by atomic mass is 14.9. The van der Waals surface area contributed by atoms with Gasteiger partial charge in [0.2, 0.25) is 0 Å². The van der Waals surface area contributed by atoms with Crippen molar-refractivity contribution < 1.29 is 0 Å². The summed E-state index contributed by atoms with van der Waals surface area (Å²) in [5, 5.41) is 3.38. The molecule has 2 atom stereocenters. The molecule has 1 aliphatic carbocycles. The second-order valence-corrected chi connectivity index (χ2v) is 3.04. The number of rotatable bonds is 2. The molecule has 0 aromatic carbocycles. The van der Waals surface area contributed by atoms with Gasteiger partial charge in [-0.25, -0.2) is 0 Å². The highest BCUT2D eigenvalue weighted by molar-refractivity contribution is 5.00. The van der Waals surface area contributed by atoms with Gasteiger partial charge in [-0.1, -0.05) is 18.1 Å². The molecule has 1 rings (SSSR count). The van der Waals surface area contributed by atoms with Gasteiger partial charge in [0.25, 0.3) is 0 Å². The van der Waals surface area contributed by atoms with Crippen LogP contribution in [0.1, 0.15) is 26.2 Å². The van der Waals surface area contributed by atoms with Gasteiger partial charge in [0.05, 0.1) is 6.04 Å². The van der Waals surface area contributed by atoms with Crippen molar-refractivity contribution in [2.45, 2.75) is 38.3 Å². The van der Waals surface area contributed by atoms with E-state index in [-0.39, 0.29) is 6.04 Å². The van der Waals surface area contributed by atoms with E-state index in [9.17, 15) is 0 Å². The zero-order valence-electron chi connectivity index (χ0n) is 7.01. The van der Waals surface area contributed by atoms with E-state index in [1.165, 1.54) is 12.8 Å². The van der Waals surface area contributed by atoms with Gasteiger partial charge in [0.15, 0.2) is 0 Å². The predicted molar refractivity (Wildman–Crippen MR) is 48.2 cm³/mol. The van der Waals surface area contributed by atoms with Crippen LogP contribution < -0.4 is 5.32 Å². The van der Waals surface area contributed by atoms with Crippen molar-refractivity contribution in [2.24, 2.45) is 0 Å². The molecule has 0 aliphatic heterocycles. The molecule has 0 bridgehead atoms. The fraction of sp³-hybridized carbons (Fsp3) is 0.600. The molecule has 1 heteroatoms. The van der Waals surface area contributed by atoms with E-state index in [4.69, 9.17) is 6.42 Å². The lowest BCUT2D eigenvalue weighted by atomic mass is 10.0. The Morgan fingerprint density at radius 2 is 2.45 bits per heavy atom. The minimum atomic E-state index is 0.214. The Balaban J connectivity index is 2.27. The first-order valence-electron chi connectivity index (χ1n) is 4.20. The van der Waals surface area contributed by atoms with E-state index in [1.54, 1.807) is 0 Å². The summed E-state index contributed by atoms with van der Waals surface area (Å²) < 4.78 is 0. The number of allylic oxidation sites excluding steroid dienone is 1. The van der Waals surface area contributed by atoms with Gasteiger partial charge in [-0.05, 0) is 26.2 Å². The smallest absolute Gasteiger partial charge is 0.0660 e. The van der Waals surface area contributed by atoms with Crippen LogP contribution >= 0.6 is 0 Å². The standard InChI is InChI=1S/C10H15N/c1-3-9(2)11-10-7-5-4-6-8-10/h1,4-5,9-11H,6-8H2,2H3. The summed E-state index contributed by atoms with van der Waals surface area (Å²) in [5.74, 6) is 2.68. The summed E-state index contributed by atoms with van der Waals surface area (Å²) in [6.45, 7) is 2.03. The van der Waals surface area contributed by atoms with Crippen molar-refractivity contribution in [1.29, 1.82) is 0 Å². The summed E-state index contributed by atoms with van der Waals surface area (Å²) >= 11 is 0. The first-order chi connectivity index (χ1) is 5.33. The molecule has 11 heavy (non-hydrogen) atoms. The van der Waals surface area contributed by atoms with Gasteiger partial charge in [-0.15, -0.1) is 6.42 Å². The molecule has 0 aromatic heterocycles. The van der Waals surface area contributed by atoms with Crippen molar-refractivity contribution >= 4 is 0 Å². The topological polar surface area (TPSA) is 12.0 Å². The fourth-order valence-electron chi connectivity index (χ4n) is 1.35. The third kappa shape index (κ3) is 2.78. The Hall–Kier alpha value is -0.740. The first kappa shape index (κ1) is 8.36. The number of terminal acetylenes is 1. The van der Waals surface area contributed by atoms with Crippen LogP contribution in [0.4, 0.5) is 0 Å². The van der Waals surface area contributed by atoms with Crippen molar-refractivity contribution in [3.63, 3.8) is 0 Å². The first-order valence-corrected chi connectivity index (χ1v) is 4.20. The van der Waals surface area contributed by atoms with Crippen molar-refractivity contribution in [1.82, 2.24) is 5.32 Å². The van der Waals surface area contributed by atoms with E-state index in [1.807, 2.05) is 6.92 Å². The molecule has 2 unspecified atom stereocenters. The molecule has 0 aromatic rings. The molecule has 60 valence electrons. The number of nitrogens with one attached hydrogen (secondary N) is 1. The molecule has 0 amide bonds. The lowest BCUT2D eigenvalue weighted by molar-refractivity contribution is 0.458. The van der Waals surface area contributed by atoms with Gasteiger partial charge in [0, 0.05) is 6.04 Å². The Kier molecular flexibility index (Phi) is 3.19. The summed E-state index contributed by atoms with van der Waals surface area (Å²) in [7, 11) is 0. The molecular formula is C10H15N. The number of hydrogen-bond donors (Lipinski definition) is 1. The van der Waals surface area contributed by atoms with Crippen LogP contribution in [0.15, 0.2) is 12.2 Å². The molecule has 0 heterocycles. The van der Waals surface area contributed by atoms with E-state index >= 15 is 0 Å². The molecule has 0 saturated heterocycles. The second kappa shape index (κ2) is 4.20. The fourth-order valence-corrected chi connectivity index (χ4v) is 1.35. The van der Waals surface area contributed by atoms with Crippen molar-refractivity contribution in [3.8, 4) is 12.3 Å². The maximum atomic E-state index is 5.26. The third-order valence-electron chi connectivity index (χ3n) is 2.00. The SMILES string of the molecule is C#CC(C)NC1CC=CCC1. The largest absolute Gasteiger partial charge is 0.301 e. The van der Waals surface area contributed by atoms with Crippen LogP contribution in [-0.4, -0.2) is 12.1 Å². The highest BCUT2D eigenvalue weighted by Gasteiger charge is 2.10. The summed E-state index contributed by atoms with van der Waals surface area (Å²) in [6, 6.07) is 0.817. The van der Waals surface area contributed by atoms with Crippen LogP contribution in [0.3, 0.4) is 0 Å². The monoisotopic (exact) mass is 149 g/mol. The van der Waals surface area contributed by atoms with Crippen molar-refractivity contribution in [2.75, 3.05) is 0 Å². The number of hydrogen-bond acceptors (Lipinski definition) is 1. The van der Waals surface area contributed by atoms with Gasteiger partial charge < -0.3 is 5.32 Å². The molecular weight excluding hydrogens is 134 g/mol. The highest BCUT2D eigenvalue weighted by Crippen LogP contribution is 2.10. The Morgan fingerprint density at radius 1 is 1.64 bits per heavy atom. The van der Waals surface area contributed by atoms with E-state index in [2.05, 4.69) is 23.4 Å². The van der Waals surface area contributed by atoms with E-state index in [0.29, 0.717) is 6.04 Å². The predicted octanol–water partition coefficient (Wildman–Crippen LogP) is 1.71. The van der Waals surface area contributed by atoms with Gasteiger partial charge in [-0.3, -0.25) is 0 Å². The zero-order chi connectivity index (χ0) is 8.10. The normalized spacial score (nSPS) is 26.0. The molecule has 0 saturated carbocycles. The van der Waals surface area contributed by atoms with E-state index < -0.39 is 0 Å². The van der Waals surface area contributed by atoms with Gasteiger partial charge in [-0.2, -0.15) is 0 Å². The van der Waals surface area contributed by atoms with Crippen LogP contribution in [0.25, 0.3) is 0 Å². The summed E-state index contributed by atoms with van der Waals surface area (Å²) in [4.78, 5) is 0. The molecule has 0 radical (unpaired) electrons. The van der Waals surface area contributed by atoms with Crippen LogP contribution in [0, 0.1) is 12.3 Å². The molecule has 0 fully saturated rings. The quantitative estimate of drug-likeness (QED) is 0.465. The van der Waals surface area contributed by atoms with Gasteiger partial charge in [0.1, 0.15) is 0 Å². The van der Waals surface area contributed by atoms with E-state index in [0.717, 1.165) is 6.42 Å². The Bertz CT molecular complexity index is 176. The third-order valence-corrected chi connectivity index (χ3v) is 2.00. The molecule has 1 N–H and O–H groups in total. The average molecular weight is 149 g/mol. The molecule has 1 aliphatic rings. The minimum absolute atomic E-state index is 0.214. The van der Waals surface area contributed by atoms with Gasteiger partial charge >= 0.3 is 0 Å². The minimum Gasteiger partial charge on any atom is -0.301 e. The maximum absolute atomic E-state index is 5.26. The maximum Gasteiger partial charge on any atom is 0.0660 e. The Labute approximate surface area is 68.9 Å². The van der Waals surface area contributed by atoms with Crippen molar-refractivity contribution in [3.05, 3.63) is 12.2 Å². The molecule has 1 nitrogen and oxygen atoms in total. The summed E-state index contributed by atoms with van der Waals surface area (Å²) in [5.41, 5.74) is 0.